The topological polar surface area (TPSA) is 58.7 Å². The van der Waals surface area contributed by atoms with E-state index < -0.39 is 5.54 Å². The van der Waals surface area contributed by atoms with E-state index in [2.05, 4.69) is 11.8 Å². The zero-order valence-electron chi connectivity index (χ0n) is 11.5. The van der Waals surface area contributed by atoms with Crippen molar-refractivity contribution in [3.63, 3.8) is 0 Å². The van der Waals surface area contributed by atoms with Crippen LogP contribution in [0.25, 0.3) is 0 Å². The van der Waals surface area contributed by atoms with E-state index in [9.17, 15) is 5.11 Å². The normalized spacial score (nSPS) is 16.6. The van der Waals surface area contributed by atoms with E-state index in [1.54, 1.807) is 7.11 Å². The van der Waals surface area contributed by atoms with E-state index >= 15 is 0 Å². The van der Waals surface area contributed by atoms with Gasteiger partial charge in [0.1, 0.15) is 0 Å². The van der Waals surface area contributed by atoms with E-state index in [4.69, 9.17) is 10.5 Å². The van der Waals surface area contributed by atoms with Crippen LogP contribution in [0, 0.1) is 0 Å². The maximum atomic E-state index is 9.62. The number of aliphatic hydroxyl groups excluding tert-OH is 1. The van der Waals surface area contributed by atoms with Gasteiger partial charge in [0.15, 0.2) is 0 Å². The summed E-state index contributed by atoms with van der Waals surface area (Å²) in [5.41, 5.74) is 6.53. The molecule has 102 valence electrons. The first-order valence-electron chi connectivity index (χ1n) is 6.18. The average Bonchev–Trinajstić information content (AvgIpc) is 2.39. The Hall–Kier alpha value is -0.940. The lowest BCUT2D eigenvalue weighted by molar-refractivity contribution is 0.0828. The molecule has 2 unspecified atom stereocenters. The fraction of sp³-hybridized carbons (Fsp3) is 0.571. The molecule has 0 radical (unpaired) electrons. The number of likely N-dealkylation sites (N-methyl/N-ethyl adjacent to an activating group) is 1. The molecule has 0 spiro atoms. The summed E-state index contributed by atoms with van der Waals surface area (Å²) < 4.78 is 5.13. The molecule has 0 heterocycles. The molecule has 1 aromatic carbocycles. The molecule has 4 nitrogen and oxygen atoms in total. The van der Waals surface area contributed by atoms with Crippen molar-refractivity contribution >= 4 is 0 Å². The zero-order valence-corrected chi connectivity index (χ0v) is 11.5. The summed E-state index contributed by atoms with van der Waals surface area (Å²) in [7, 11) is 3.67. The number of nitrogens with two attached hydrogens (primary N) is 1. The van der Waals surface area contributed by atoms with Crippen molar-refractivity contribution in [3.05, 3.63) is 35.9 Å². The molecule has 1 rings (SSSR count). The third-order valence-electron chi connectivity index (χ3n) is 3.32. The molecule has 1 aromatic rings. The van der Waals surface area contributed by atoms with Crippen LogP contribution in [0.4, 0.5) is 0 Å². The van der Waals surface area contributed by atoms with Crippen LogP contribution in [0.15, 0.2) is 30.3 Å². The Kier molecular flexibility index (Phi) is 5.75. The van der Waals surface area contributed by atoms with Crippen molar-refractivity contribution < 1.29 is 9.84 Å². The Morgan fingerprint density at radius 3 is 2.50 bits per heavy atom. The molecule has 2 atom stereocenters. The summed E-state index contributed by atoms with van der Waals surface area (Å²) in [4.78, 5) is 2.10. The average molecular weight is 252 g/mol. The fourth-order valence-corrected chi connectivity index (χ4v) is 1.97. The van der Waals surface area contributed by atoms with Gasteiger partial charge in [0.05, 0.1) is 18.8 Å². The molecule has 0 bridgehead atoms. The van der Waals surface area contributed by atoms with Gasteiger partial charge in [-0.2, -0.15) is 0 Å². The maximum Gasteiger partial charge on any atom is 0.0772 e. The third-order valence-corrected chi connectivity index (χ3v) is 3.32. The Morgan fingerprint density at radius 1 is 1.39 bits per heavy atom. The summed E-state index contributed by atoms with van der Waals surface area (Å²) >= 11 is 0. The number of hydrogen-bond acceptors (Lipinski definition) is 4. The zero-order chi connectivity index (χ0) is 13.6. The lowest BCUT2D eigenvalue weighted by Crippen LogP contribution is -2.52. The molecule has 0 aliphatic rings. The van der Waals surface area contributed by atoms with E-state index in [-0.39, 0.29) is 12.6 Å². The van der Waals surface area contributed by atoms with Crippen molar-refractivity contribution in [3.8, 4) is 0 Å². The quantitative estimate of drug-likeness (QED) is 0.753. The Balaban J connectivity index is 2.77. The van der Waals surface area contributed by atoms with Crippen LogP contribution in [0.3, 0.4) is 0 Å². The number of nitrogens with zero attached hydrogens (tertiary/aromatic N) is 1. The summed E-state index contributed by atoms with van der Waals surface area (Å²) in [5, 5.41) is 9.62. The van der Waals surface area contributed by atoms with Gasteiger partial charge >= 0.3 is 0 Å². The van der Waals surface area contributed by atoms with E-state index in [1.807, 2.05) is 37.4 Å². The van der Waals surface area contributed by atoms with Crippen LogP contribution >= 0.6 is 0 Å². The Bertz CT molecular complexity index is 345. The van der Waals surface area contributed by atoms with Crippen LogP contribution in [0.5, 0.6) is 0 Å². The van der Waals surface area contributed by atoms with Crippen molar-refractivity contribution in [2.45, 2.75) is 18.5 Å². The molecule has 0 aliphatic heterocycles. The van der Waals surface area contributed by atoms with Crippen molar-refractivity contribution in [2.24, 2.45) is 5.73 Å². The van der Waals surface area contributed by atoms with Crippen molar-refractivity contribution in [1.29, 1.82) is 0 Å². The molecular formula is C14H24N2O2. The standard InChI is InChI=1S/C14H24N2O2/c1-12(9-18-3)16(2)10-14(15,11-17)13-7-5-4-6-8-13/h4-8,12,17H,9-11,15H2,1-3H3. The lowest BCUT2D eigenvalue weighted by atomic mass is 9.91. The highest BCUT2D eigenvalue weighted by Crippen LogP contribution is 2.19. The smallest absolute Gasteiger partial charge is 0.0772 e. The number of methoxy groups -OCH3 is 1. The predicted molar refractivity (Wildman–Crippen MR) is 73.4 cm³/mol. The van der Waals surface area contributed by atoms with Gasteiger partial charge in [-0.05, 0) is 19.5 Å². The summed E-state index contributed by atoms with van der Waals surface area (Å²) in [6, 6.07) is 9.97. The summed E-state index contributed by atoms with van der Waals surface area (Å²) in [5.74, 6) is 0. The summed E-state index contributed by atoms with van der Waals surface area (Å²) in [6.07, 6.45) is 0. The SMILES string of the molecule is COCC(C)N(C)CC(N)(CO)c1ccccc1. The minimum atomic E-state index is -0.738. The predicted octanol–water partition coefficient (Wildman–Crippen LogP) is 0.800. The molecular weight excluding hydrogens is 228 g/mol. The first-order valence-corrected chi connectivity index (χ1v) is 6.18. The second-order valence-electron chi connectivity index (χ2n) is 4.90. The number of aliphatic hydroxyl groups is 1. The van der Waals surface area contributed by atoms with Crippen LogP contribution in [0.1, 0.15) is 12.5 Å². The molecule has 0 aliphatic carbocycles. The van der Waals surface area contributed by atoms with E-state index in [0.29, 0.717) is 13.2 Å². The highest BCUT2D eigenvalue weighted by molar-refractivity contribution is 5.24. The highest BCUT2D eigenvalue weighted by Gasteiger charge is 2.29. The monoisotopic (exact) mass is 252 g/mol. The van der Waals surface area contributed by atoms with Gasteiger partial charge in [-0.1, -0.05) is 30.3 Å². The van der Waals surface area contributed by atoms with Gasteiger partial charge in [-0.25, -0.2) is 0 Å². The van der Waals surface area contributed by atoms with Gasteiger partial charge in [0.2, 0.25) is 0 Å². The van der Waals surface area contributed by atoms with Gasteiger partial charge < -0.3 is 15.6 Å². The van der Waals surface area contributed by atoms with Gasteiger partial charge in [0, 0.05) is 19.7 Å². The van der Waals surface area contributed by atoms with Gasteiger partial charge in [0.25, 0.3) is 0 Å². The van der Waals surface area contributed by atoms with E-state index in [0.717, 1.165) is 5.56 Å². The Morgan fingerprint density at radius 2 is 2.00 bits per heavy atom. The summed E-state index contributed by atoms with van der Waals surface area (Å²) in [6.45, 7) is 3.22. The van der Waals surface area contributed by atoms with Crippen LogP contribution < -0.4 is 5.73 Å². The molecule has 0 saturated heterocycles. The second-order valence-corrected chi connectivity index (χ2v) is 4.90. The largest absolute Gasteiger partial charge is 0.394 e. The molecule has 0 amide bonds. The maximum absolute atomic E-state index is 9.62. The minimum absolute atomic E-state index is 0.0823. The molecule has 4 heteroatoms. The van der Waals surface area contributed by atoms with Crippen LogP contribution in [0.2, 0.25) is 0 Å². The third kappa shape index (κ3) is 3.78. The van der Waals surface area contributed by atoms with Crippen molar-refractivity contribution in [2.75, 3.05) is 33.9 Å². The lowest BCUT2D eigenvalue weighted by Gasteiger charge is -2.35. The first-order chi connectivity index (χ1) is 8.53. The molecule has 3 N–H and O–H groups in total. The molecule has 18 heavy (non-hydrogen) atoms. The second kappa shape index (κ2) is 6.85. The van der Waals surface area contributed by atoms with E-state index in [1.165, 1.54) is 0 Å². The Labute approximate surface area is 109 Å². The molecule has 0 saturated carbocycles. The number of hydrogen-bond donors (Lipinski definition) is 2. The number of ether oxygens (including phenoxy) is 1. The number of benzene rings is 1. The molecule has 0 fully saturated rings. The molecule has 0 aromatic heterocycles. The van der Waals surface area contributed by atoms with Gasteiger partial charge in [-0.3, -0.25) is 4.90 Å². The van der Waals surface area contributed by atoms with Crippen molar-refractivity contribution in [1.82, 2.24) is 4.90 Å². The fourth-order valence-electron chi connectivity index (χ4n) is 1.97. The number of rotatable bonds is 7. The highest BCUT2D eigenvalue weighted by atomic mass is 16.5. The minimum Gasteiger partial charge on any atom is -0.394 e. The van der Waals surface area contributed by atoms with Crippen LogP contribution in [-0.4, -0.2) is 50.0 Å². The van der Waals surface area contributed by atoms with Gasteiger partial charge in [-0.15, -0.1) is 0 Å². The first kappa shape index (κ1) is 15.1. The van der Waals surface area contributed by atoms with Crippen LogP contribution in [-0.2, 0) is 10.3 Å².